The van der Waals surface area contributed by atoms with Gasteiger partial charge in [-0.25, -0.2) is 9.59 Å². The third-order valence-corrected chi connectivity index (χ3v) is 2.80. The molecule has 0 aromatic heterocycles. The largest absolute Gasteiger partial charge is 0.480 e. The number of carboxylic acids is 1. The first kappa shape index (κ1) is 15.1. The van der Waals surface area contributed by atoms with Crippen LogP contribution in [-0.4, -0.2) is 40.3 Å². The van der Waals surface area contributed by atoms with Crippen molar-refractivity contribution >= 4 is 23.8 Å². The monoisotopic (exact) mass is 249 g/mol. The number of thioether (sulfide) groups is 1. The number of aliphatic carboxylic acids is 1. The van der Waals surface area contributed by atoms with Gasteiger partial charge >= 0.3 is 12.1 Å². The van der Waals surface area contributed by atoms with Crippen LogP contribution in [0, 0.1) is 0 Å². The molecule has 0 spiro atoms. The van der Waals surface area contributed by atoms with Crippen molar-refractivity contribution < 1.29 is 19.4 Å². The minimum Gasteiger partial charge on any atom is -0.480 e. The Labute approximate surface area is 99.9 Å². The summed E-state index contributed by atoms with van der Waals surface area (Å²) in [5.41, 5.74) is -0.629. The summed E-state index contributed by atoms with van der Waals surface area (Å²) in [6, 6.07) is -0.940. The van der Waals surface area contributed by atoms with Gasteiger partial charge in [-0.3, -0.25) is 0 Å². The van der Waals surface area contributed by atoms with Crippen LogP contribution >= 0.6 is 11.8 Å². The molecule has 0 saturated heterocycles. The van der Waals surface area contributed by atoms with Crippen LogP contribution < -0.4 is 5.32 Å². The lowest BCUT2D eigenvalue weighted by atomic mass is 10.2. The minimum absolute atomic E-state index is 0.218. The summed E-state index contributed by atoms with van der Waals surface area (Å²) in [6.07, 6.45) is 1.08. The van der Waals surface area contributed by atoms with Crippen LogP contribution in [0.4, 0.5) is 4.79 Å². The third-order valence-electron chi connectivity index (χ3n) is 1.78. The number of alkyl carbamates (subject to hydrolysis) is 1. The smallest absolute Gasteiger partial charge is 0.408 e. The van der Waals surface area contributed by atoms with Gasteiger partial charge in [0.2, 0.25) is 0 Å². The summed E-state index contributed by atoms with van der Waals surface area (Å²) in [6.45, 7) is 6.90. The number of ether oxygens (including phenoxy) is 1. The van der Waals surface area contributed by atoms with Crippen LogP contribution in [0.5, 0.6) is 0 Å². The molecule has 6 heteroatoms. The number of amides is 1. The molecule has 2 atom stereocenters. The van der Waals surface area contributed by atoms with Crippen LogP contribution in [0.1, 0.15) is 27.7 Å². The van der Waals surface area contributed by atoms with E-state index in [-0.39, 0.29) is 5.25 Å². The van der Waals surface area contributed by atoms with Gasteiger partial charge < -0.3 is 15.2 Å². The molecular formula is C10H19NO4S. The van der Waals surface area contributed by atoms with Crippen molar-refractivity contribution in [2.24, 2.45) is 0 Å². The maximum Gasteiger partial charge on any atom is 0.408 e. The molecule has 0 radical (unpaired) electrons. The molecule has 5 nitrogen and oxygen atoms in total. The molecule has 16 heavy (non-hydrogen) atoms. The highest BCUT2D eigenvalue weighted by molar-refractivity contribution is 7.99. The van der Waals surface area contributed by atoms with Crippen molar-refractivity contribution in [2.75, 3.05) is 6.26 Å². The van der Waals surface area contributed by atoms with E-state index in [1.54, 1.807) is 34.0 Å². The number of carboxylic acid groups (broad SMARTS) is 1. The molecular weight excluding hydrogens is 230 g/mol. The van der Waals surface area contributed by atoms with Gasteiger partial charge in [0.05, 0.1) is 0 Å². The van der Waals surface area contributed by atoms with Crippen LogP contribution in [0.25, 0.3) is 0 Å². The van der Waals surface area contributed by atoms with E-state index < -0.39 is 23.7 Å². The standard InChI is InChI=1S/C10H19NO4S/c1-6(16-5)7(8(12)13)11-9(14)15-10(2,3)4/h6-7H,1-5H3,(H,11,14)(H,12,13). The fourth-order valence-electron chi connectivity index (χ4n) is 0.950. The lowest BCUT2D eigenvalue weighted by Crippen LogP contribution is -2.48. The maximum absolute atomic E-state index is 11.4. The van der Waals surface area contributed by atoms with E-state index in [0.29, 0.717) is 0 Å². The van der Waals surface area contributed by atoms with Crippen molar-refractivity contribution in [1.29, 1.82) is 0 Å². The van der Waals surface area contributed by atoms with E-state index in [1.807, 2.05) is 0 Å². The molecule has 0 aromatic carbocycles. The molecule has 0 saturated carbocycles. The molecule has 0 rings (SSSR count). The summed E-state index contributed by atoms with van der Waals surface area (Å²) >= 11 is 1.37. The quantitative estimate of drug-likeness (QED) is 0.793. The zero-order valence-electron chi connectivity index (χ0n) is 10.2. The van der Waals surface area contributed by atoms with Crippen LogP contribution in [-0.2, 0) is 9.53 Å². The van der Waals surface area contributed by atoms with Crippen molar-refractivity contribution in [3.8, 4) is 0 Å². The Morgan fingerprint density at radius 1 is 1.38 bits per heavy atom. The van der Waals surface area contributed by atoms with Gasteiger partial charge in [0.15, 0.2) is 0 Å². The van der Waals surface area contributed by atoms with Gasteiger partial charge in [0.25, 0.3) is 0 Å². The third kappa shape index (κ3) is 5.85. The number of nitrogens with one attached hydrogen (secondary N) is 1. The first-order valence-corrected chi connectivity index (χ1v) is 6.21. The predicted octanol–water partition coefficient (Wildman–Crippen LogP) is 1.72. The molecule has 0 aliphatic rings. The van der Waals surface area contributed by atoms with Crippen LogP contribution in [0.3, 0.4) is 0 Å². The zero-order valence-corrected chi connectivity index (χ0v) is 11.1. The second kappa shape index (κ2) is 5.98. The Bertz CT molecular complexity index is 262. The van der Waals surface area contributed by atoms with Gasteiger partial charge in [0.1, 0.15) is 11.6 Å². The number of hydrogen-bond donors (Lipinski definition) is 2. The van der Waals surface area contributed by atoms with Crippen molar-refractivity contribution in [2.45, 2.75) is 44.6 Å². The number of rotatable bonds is 4. The summed E-state index contributed by atoms with van der Waals surface area (Å²) in [4.78, 5) is 22.3. The first-order valence-electron chi connectivity index (χ1n) is 4.92. The van der Waals surface area contributed by atoms with Crippen molar-refractivity contribution in [3.63, 3.8) is 0 Å². The molecule has 0 bridgehead atoms. The first-order chi connectivity index (χ1) is 7.17. The average molecular weight is 249 g/mol. The maximum atomic E-state index is 11.4. The fourth-order valence-corrected chi connectivity index (χ4v) is 1.41. The second-order valence-corrected chi connectivity index (χ2v) is 5.62. The topological polar surface area (TPSA) is 75.6 Å². The molecule has 0 fully saturated rings. The SMILES string of the molecule is CSC(C)C(NC(=O)OC(C)(C)C)C(=O)O. The number of carbonyl (C=O) groups is 2. The molecule has 0 aliphatic carbocycles. The van der Waals surface area contributed by atoms with E-state index in [9.17, 15) is 9.59 Å². The molecule has 2 N–H and O–H groups in total. The summed E-state index contributed by atoms with van der Waals surface area (Å²) in [5, 5.41) is 11.1. The highest BCUT2D eigenvalue weighted by Gasteiger charge is 2.28. The van der Waals surface area contributed by atoms with Crippen LogP contribution in [0.2, 0.25) is 0 Å². The zero-order chi connectivity index (χ0) is 12.9. The van der Waals surface area contributed by atoms with Crippen molar-refractivity contribution in [1.82, 2.24) is 5.32 Å². The predicted molar refractivity (Wildman–Crippen MR) is 63.8 cm³/mol. The highest BCUT2D eigenvalue weighted by Crippen LogP contribution is 2.12. The minimum atomic E-state index is -1.06. The van der Waals surface area contributed by atoms with Gasteiger partial charge in [-0.1, -0.05) is 6.92 Å². The highest BCUT2D eigenvalue weighted by atomic mass is 32.2. The molecule has 94 valence electrons. The fraction of sp³-hybridized carbons (Fsp3) is 0.800. The van der Waals surface area contributed by atoms with Crippen LogP contribution in [0.15, 0.2) is 0 Å². The van der Waals surface area contributed by atoms with E-state index in [2.05, 4.69) is 5.32 Å². The molecule has 1 amide bonds. The Balaban J connectivity index is 4.42. The van der Waals surface area contributed by atoms with E-state index in [4.69, 9.17) is 9.84 Å². The lowest BCUT2D eigenvalue weighted by molar-refractivity contribution is -0.139. The summed E-state index contributed by atoms with van der Waals surface area (Å²) in [5.74, 6) is -1.06. The van der Waals surface area contributed by atoms with Crippen molar-refractivity contribution in [3.05, 3.63) is 0 Å². The molecule has 0 aromatic rings. The Hall–Kier alpha value is -0.910. The average Bonchev–Trinajstić information content (AvgIpc) is 2.09. The number of hydrogen-bond acceptors (Lipinski definition) is 4. The number of carbonyl (C=O) groups excluding carboxylic acids is 1. The Morgan fingerprint density at radius 2 is 1.88 bits per heavy atom. The molecule has 0 heterocycles. The normalized spacial score (nSPS) is 15.1. The van der Waals surface area contributed by atoms with Gasteiger partial charge in [0, 0.05) is 5.25 Å². The summed E-state index contributed by atoms with van der Waals surface area (Å²) < 4.78 is 4.99. The van der Waals surface area contributed by atoms with Gasteiger partial charge in [-0.2, -0.15) is 11.8 Å². The van der Waals surface area contributed by atoms with E-state index >= 15 is 0 Å². The Morgan fingerprint density at radius 3 is 2.19 bits per heavy atom. The summed E-state index contributed by atoms with van der Waals surface area (Å²) in [7, 11) is 0. The van der Waals surface area contributed by atoms with Gasteiger partial charge in [-0.15, -0.1) is 0 Å². The van der Waals surface area contributed by atoms with Gasteiger partial charge in [-0.05, 0) is 27.0 Å². The van der Waals surface area contributed by atoms with E-state index in [0.717, 1.165) is 0 Å². The van der Waals surface area contributed by atoms with E-state index in [1.165, 1.54) is 11.8 Å². The second-order valence-electron chi connectivity index (χ2n) is 4.40. The Kier molecular flexibility index (Phi) is 5.64. The molecule has 2 unspecified atom stereocenters. The lowest BCUT2D eigenvalue weighted by Gasteiger charge is -2.24. The molecule has 0 aliphatic heterocycles.